The van der Waals surface area contributed by atoms with Gasteiger partial charge in [0, 0.05) is 28.7 Å². The summed E-state index contributed by atoms with van der Waals surface area (Å²) in [4.78, 5) is 14.3. The Bertz CT molecular complexity index is 1100. The van der Waals surface area contributed by atoms with Crippen LogP contribution >= 0.6 is 11.8 Å². The van der Waals surface area contributed by atoms with Crippen molar-refractivity contribution in [3.8, 4) is 0 Å². The van der Waals surface area contributed by atoms with E-state index in [1.54, 1.807) is 0 Å². The van der Waals surface area contributed by atoms with Crippen LogP contribution in [0.5, 0.6) is 0 Å². The molecule has 0 atom stereocenters. The lowest BCUT2D eigenvalue weighted by Gasteiger charge is -2.18. The van der Waals surface area contributed by atoms with Crippen molar-refractivity contribution < 1.29 is 4.79 Å². The summed E-state index contributed by atoms with van der Waals surface area (Å²) in [7, 11) is 0. The lowest BCUT2D eigenvalue weighted by molar-refractivity contribution is -0.116. The summed E-state index contributed by atoms with van der Waals surface area (Å²) in [6.45, 7) is 2.05. The molecule has 0 aromatic heterocycles. The van der Waals surface area contributed by atoms with E-state index in [0.717, 1.165) is 28.1 Å². The monoisotopic (exact) mass is 437 g/mol. The van der Waals surface area contributed by atoms with Gasteiger partial charge < -0.3 is 5.32 Å². The Labute approximate surface area is 194 Å². The van der Waals surface area contributed by atoms with Gasteiger partial charge in [0.1, 0.15) is 0 Å². The van der Waals surface area contributed by atoms with Crippen LogP contribution in [0.1, 0.15) is 34.6 Å². The fourth-order valence-electron chi connectivity index (χ4n) is 3.82. The van der Waals surface area contributed by atoms with Gasteiger partial charge in [-0.05, 0) is 47.4 Å². The maximum atomic E-state index is 13.0. The Balaban J connectivity index is 1.43. The summed E-state index contributed by atoms with van der Waals surface area (Å²) in [6.07, 6.45) is 0.402. The van der Waals surface area contributed by atoms with E-state index in [-0.39, 0.29) is 11.8 Å². The van der Waals surface area contributed by atoms with Crippen molar-refractivity contribution in [1.29, 1.82) is 0 Å². The van der Waals surface area contributed by atoms with Crippen LogP contribution < -0.4 is 5.32 Å². The summed E-state index contributed by atoms with van der Waals surface area (Å²) in [5, 5.41) is 3.14. The van der Waals surface area contributed by atoms with E-state index in [4.69, 9.17) is 0 Å². The average molecular weight is 438 g/mol. The molecule has 0 aliphatic heterocycles. The van der Waals surface area contributed by atoms with Gasteiger partial charge in [-0.1, -0.05) is 91.0 Å². The zero-order valence-corrected chi connectivity index (χ0v) is 19.0. The fourth-order valence-corrected chi connectivity index (χ4v) is 4.69. The zero-order chi connectivity index (χ0) is 22.2. The Morgan fingerprint density at radius 2 is 1.34 bits per heavy atom. The highest BCUT2D eigenvalue weighted by molar-refractivity contribution is 7.98. The van der Waals surface area contributed by atoms with Crippen LogP contribution in [0, 0.1) is 6.92 Å². The first-order chi connectivity index (χ1) is 15.7. The van der Waals surface area contributed by atoms with E-state index in [0.29, 0.717) is 6.42 Å². The number of hydrogen-bond acceptors (Lipinski definition) is 2. The van der Waals surface area contributed by atoms with Crippen molar-refractivity contribution in [3.63, 3.8) is 0 Å². The van der Waals surface area contributed by atoms with Gasteiger partial charge >= 0.3 is 0 Å². The second kappa shape index (κ2) is 10.8. The highest BCUT2D eigenvalue weighted by Crippen LogP contribution is 2.29. The van der Waals surface area contributed by atoms with E-state index < -0.39 is 0 Å². The first-order valence-corrected chi connectivity index (χ1v) is 11.8. The molecule has 0 fully saturated rings. The molecule has 0 aliphatic rings. The number of carbonyl (C=O) groups is 1. The molecule has 0 saturated carbocycles. The summed E-state index contributed by atoms with van der Waals surface area (Å²) >= 11 is 1.82. The predicted octanol–water partition coefficient (Wildman–Crippen LogP) is 7.45. The lowest BCUT2D eigenvalue weighted by atomic mass is 9.88. The molecule has 0 bridgehead atoms. The van der Waals surface area contributed by atoms with Crippen molar-refractivity contribution in [3.05, 3.63) is 131 Å². The van der Waals surface area contributed by atoms with Gasteiger partial charge in [0.25, 0.3) is 0 Å². The Morgan fingerprint density at radius 3 is 1.91 bits per heavy atom. The zero-order valence-electron chi connectivity index (χ0n) is 18.2. The van der Waals surface area contributed by atoms with Crippen LogP contribution in [0.4, 0.5) is 5.69 Å². The van der Waals surface area contributed by atoms with Gasteiger partial charge in [-0.15, -0.1) is 11.8 Å². The molecule has 4 aromatic carbocycles. The minimum Gasteiger partial charge on any atom is -0.326 e. The largest absolute Gasteiger partial charge is 0.326 e. The lowest BCUT2D eigenvalue weighted by Crippen LogP contribution is -2.17. The fraction of sp³-hybridized carbons (Fsp3) is 0.138. The second-order valence-corrected chi connectivity index (χ2v) is 8.93. The standard InChI is InChI=1S/C29H27NOS/c1-22-19-23(21-32-26-15-9-4-10-16-26)17-18-28(22)30-29(31)20-27(24-11-5-2-6-12-24)25-13-7-3-8-14-25/h2-19,27H,20-21H2,1H3,(H,30,31). The molecular weight excluding hydrogens is 410 g/mol. The van der Waals surface area contributed by atoms with E-state index in [1.807, 2.05) is 60.3 Å². The Hall–Kier alpha value is -3.30. The van der Waals surface area contributed by atoms with Crippen LogP contribution in [0.3, 0.4) is 0 Å². The number of carbonyl (C=O) groups excluding carboxylic acids is 1. The topological polar surface area (TPSA) is 29.1 Å². The SMILES string of the molecule is Cc1cc(CSc2ccccc2)ccc1NC(=O)CC(c1ccccc1)c1ccccc1. The normalized spacial score (nSPS) is 10.8. The third-order valence-electron chi connectivity index (χ3n) is 5.51. The molecule has 2 nitrogen and oxygen atoms in total. The summed E-state index contributed by atoms with van der Waals surface area (Å²) < 4.78 is 0. The summed E-state index contributed by atoms with van der Waals surface area (Å²) in [5.74, 6) is 0.958. The number of rotatable bonds is 8. The maximum absolute atomic E-state index is 13.0. The smallest absolute Gasteiger partial charge is 0.225 e. The van der Waals surface area contributed by atoms with Crippen LogP contribution in [-0.4, -0.2) is 5.91 Å². The first-order valence-electron chi connectivity index (χ1n) is 10.9. The van der Waals surface area contributed by atoms with Gasteiger partial charge in [-0.2, -0.15) is 0 Å². The molecule has 0 radical (unpaired) electrons. The van der Waals surface area contributed by atoms with Crippen molar-refractivity contribution in [1.82, 2.24) is 0 Å². The summed E-state index contributed by atoms with van der Waals surface area (Å²) in [5.41, 5.74) is 5.52. The number of thioether (sulfide) groups is 1. The van der Waals surface area contributed by atoms with Gasteiger partial charge in [0.05, 0.1) is 0 Å². The van der Waals surface area contributed by atoms with Crippen molar-refractivity contribution in [2.75, 3.05) is 5.32 Å². The quantitative estimate of drug-likeness (QED) is 0.290. The maximum Gasteiger partial charge on any atom is 0.225 e. The molecular formula is C29H27NOS. The molecule has 0 heterocycles. The van der Waals surface area contributed by atoms with Gasteiger partial charge in [-0.25, -0.2) is 0 Å². The molecule has 32 heavy (non-hydrogen) atoms. The molecule has 0 spiro atoms. The van der Waals surface area contributed by atoms with Gasteiger partial charge in [0.2, 0.25) is 5.91 Å². The van der Waals surface area contributed by atoms with Gasteiger partial charge in [0.15, 0.2) is 0 Å². The molecule has 1 amide bonds. The molecule has 4 rings (SSSR count). The van der Waals surface area contributed by atoms with E-state index in [2.05, 4.69) is 72.9 Å². The minimum atomic E-state index is 0.0252. The molecule has 3 heteroatoms. The van der Waals surface area contributed by atoms with E-state index >= 15 is 0 Å². The van der Waals surface area contributed by atoms with Crippen molar-refractivity contribution >= 4 is 23.4 Å². The third kappa shape index (κ3) is 5.89. The number of amides is 1. The van der Waals surface area contributed by atoms with Crippen LogP contribution in [0.15, 0.2) is 114 Å². The molecule has 0 aliphatic carbocycles. The predicted molar refractivity (Wildman–Crippen MR) is 135 cm³/mol. The second-order valence-electron chi connectivity index (χ2n) is 7.88. The molecule has 4 aromatic rings. The molecule has 0 saturated heterocycles. The molecule has 160 valence electrons. The number of anilines is 1. The van der Waals surface area contributed by atoms with Crippen molar-refractivity contribution in [2.24, 2.45) is 0 Å². The third-order valence-corrected chi connectivity index (χ3v) is 6.59. The van der Waals surface area contributed by atoms with E-state index in [1.165, 1.54) is 10.5 Å². The number of hydrogen-bond donors (Lipinski definition) is 1. The van der Waals surface area contributed by atoms with Crippen LogP contribution in [-0.2, 0) is 10.5 Å². The number of aryl methyl sites for hydroxylation is 1. The Morgan fingerprint density at radius 1 is 0.781 bits per heavy atom. The van der Waals surface area contributed by atoms with E-state index in [9.17, 15) is 4.79 Å². The average Bonchev–Trinajstić information content (AvgIpc) is 2.84. The highest BCUT2D eigenvalue weighted by atomic mass is 32.2. The minimum absolute atomic E-state index is 0.0252. The number of benzene rings is 4. The molecule has 0 unspecified atom stereocenters. The van der Waals surface area contributed by atoms with Gasteiger partial charge in [-0.3, -0.25) is 4.79 Å². The highest BCUT2D eigenvalue weighted by Gasteiger charge is 2.18. The summed E-state index contributed by atoms with van der Waals surface area (Å²) in [6, 6.07) is 37.2. The van der Waals surface area contributed by atoms with Crippen LogP contribution in [0.2, 0.25) is 0 Å². The Kier molecular flexibility index (Phi) is 7.42. The number of nitrogens with one attached hydrogen (secondary N) is 1. The molecule has 1 N–H and O–H groups in total. The first kappa shape index (κ1) is 21.9. The van der Waals surface area contributed by atoms with Crippen molar-refractivity contribution in [2.45, 2.75) is 29.9 Å². The van der Waals surface area contributed by atoms with Crippen LogP contribution in [0.25, 0.3) is 0 Å².